The number of amides is 1. The van der Waals surface area contributed by atoms with Gasteiger partial charge in [0.15, 0.2) is 0 Å². The quantitative estimate of drug-likeness (QED) is 0.498. The SMILES string of the molecule is CC(C)c1ccc(CCCNS(=O)(=O)c2nnc(NC(=O)C(C)(C)C)s2)cc1. The van der Waals surface area contributed by atoms with E-state index in [1.54, 1.807) is 20.8 Å². The van der Waals surface area contributed by atoms with Gasteiger partial charge < -0.3 is 5.32 Å². The Morgan fingerprint density at radius 3 is 2.36 bits per heavy atom. The Labute approximate surface area is 171 Å². The third-order valence-corrected chi connectivity index (χ3v) is 6.79. The van der Waals surface area contributed by atoms with Crippen molar-refractivity contribution >= 4 is 32.4 Å². The van der Waals surface area contributed by atoms with Crippen LogP contribution < -0.4 is 10.0 Å². The van der Waals surface area contributed by atoms with Crippen LogP contribution in [-0.2, 0) is 21.2 Å². The summed E-state index contributed by atoms with van der Waals surface area (Å²) < 4.78 is 27.1. The Morgan fingerprint density at radius 2 is 1.79 bits per heavy atom. The molecule has 2 aromatic rings. The third-order valence-electron chi connectivity index (χ3n) is 4.12. The Kier molecular flexibility index (Phi) is 7.30. The molecule has 0 spiro atoms. The molecule has 2 rings (SSSR count). The molecule has 9 heteroatoms. The van der Waals surface area contributed by atoms with Gasteiger partial charge in [-0.2, -0.15) is 0 Å². The standard InChI is InChI=1S/C19H28N4O3S2/c1-13(2)15-10-8-14(9-11-15)7-6-12-20-28(25,26)18-23-22-17(27-18)21-16(24)19(3,4)5/h8-11,13,20H,6-7,12H2,1-5H3,(H,21,22,24). The molecule has 0 unspecified atom stereocenters. The lowest BCUT2D eigenvalue weighted by Crippen LogP contribution is -2.27. The summed E-state index contributed by atoms with van der Waals surface area (Å²) >= 11 is 0.838. The second-order valence-electron chi connectivity index (χ2n) is 7.97. The maximum absolute atomic E-state index is 12.3. The molecule has 1 aromatic heterocycles. The van der Waals surface area contributed by atoms with Crippen LogP contribution in [0.3, 0.4) is 0 Å². The van der Waals surface area contributed by atoms with Crippen molar-refractivity contribution < 1.29 is 13.2 Å². The van der Waals surface area contributed by atoms with E-state index in [9.17, 15) is 13.2 Å². The van der Waals surface area contributed by atoms with Crippen molar-refractivity contribution in [2.24, 2.45) is 5.41 Å². The van der Waals surface area contributed by atoms with Gasteiger partial charge in [-0.15, -0.1) is 10.2 Å². The zero-order chi connectivity index (χ0) is 20.9. The van der Waals surface area contributed by atoms with Gasteiger partial charge in [0.05, 0.1) is 0 Å². The van der Waals surface area contributed by atoms with Crippen molar-refractivity contribution in [3.05, 3.63) is 35.4 Å². The Hall–Kier alpha value is -1.84. The number of nitrogens with zero attached hydrogens (tertiary/aromatic N) is 2. The van der Waals surface area contributed by atoms with Gasteiger partial charge in [-0.05, 0) is 29.9 Å². The Balaban J connectivity index is 1.86. The van der Waals surface area contributed by atoms with Gasteiger partial charge in [-0.1, -0.05) is 70.2 Å². The summed E-state index contributed by atoms with van der Waals surface area (Å²) in [7, 11) is -3.74. The summed E-state index contributed by atoms with van der Waals surface area (Å²) in [6.07, 6.45) is 1.45. The molecule has 0 aliphatic rings. The van der Waals surface area contributed by atoms with Crippen molar-refractivity contribution in [3.8, 4) is 0 Å². The molecule has 0 radical (unpaired) electrons. The fraction of sp³-hybridized carbons (Fsp3) is 0.526. The minimum atomic E-state index is -3.74. The Bertz CT molecular complexity index is 898. The van der Waals surface area contributed by atoms with Crippen LogP contribution in [0.5, 0.6) is 0 Å². The average molecular weight is 425 g/mol. The summed E-state index contributed by atoms with van der Waals surface area (Å²) in [6.45, 7) is 9.89. The van der Waals surface area contributed by atoms with Gasteiger partial charge in [0.25, 0.3) is 10.0 Å². The highest BCUT2D eigenvalue weighted by molar-refractivity contribution is 7.91. The summed E-state index contributed by atoms with van der Waals surface area (Å²) in [4.78, 5) is 12.0. The highest BCUT2D eigenvalue weighted by atomic mass is 32.2. The Morgan fingerprint density at radius 1 is 1.14 bits per heavy atom. The molecule has 7 nitrogen and oxygen atoms in total. The number of benzene rings is 1. The van der Waals surface area contributed by atoms with E-state index in [0.29, 0.717) is 18.9 Å². The molecule has 0 fully saturated rings. The van der Waals surface area contributed by atoms with E-state index in [1.807, 2.05) is 0 Å². The lowest BCUT2D eigenvalue weighted by Gasteiger charge is -2.15. The monoisotopic (exact) mass is 424 g/mol. The summed E-state index contributed by atoms with van der Waals surface area (Å²) in [5, 5.41) is 10.2. The van der Waals surface area contributed by atoms with Gasteiger partial charge in [0, 0.05) is 12.0 Å². The molecule has 0 atom stereocenters. The van der Waals surface area contributed by atoms with Crippen molar-refractivity contribution in [1.29, 1.82) is 0 Å². The number of hydrogen-bond donors (Lipinski definition) is 2. The molecule has 2 N–H and O–H groups in total. The second-order valence-corrected chi connectivity index (χ2v) is 10.9. The van der Waals surface area contributed by atoms with E-state index >= 15 is 0 Å². The normalized spacial score (nSPS) is 12.4. The molecule has 0 saturated heterocycles. The maximum Gasteiger partial charge on any atom is 0.269 e. The number of nitrogens with one attached hydrogen (secondary N) is 2. The van der Waals surface area contributed by atoms with Crippen molar-refractivity contribution in [2.75, 3.05) is 11.9 Å². The molecule has 28 heavy (non-hydrogen) atoms. The smallest absolute Gasteiger partial charge is 0.269 e. The first-order valence-corrected chi connectivity index (χ1v) is 11.5. The van der Waals surface area contributed by atoms with E-state index in [2.05, 4.69) is 58.3 Å². The van der Waals surface area contributed by atoms with Crippen LogP contribution in [0.2, 0.25) is 0 Å². The third kappa shape index (κ3) is 6.35. The fourth-order valence-corrected chi connectivity index (χ4v) is 4.29. The van der Waals surface area contributed by atoms with Crippen molar-refractivity contribution in [2.45, 2.75) is 57.7 Å². The molecule has 154 valence electrons. The number of hydrogen-bond acceptors (Lipinski definition) is 6. The van der Waals surface area contributed by atoms with E-state index in [-0.39, 0.29) is 15.4 Å². The number of sulfonamides is 1. The number of anilines is 1. The van der Waals surface area contributed by atoms with Crippen LogP contribution in [-0.4, -0.2) is 31.1 Å². The van der Waals surface area contributed by atoms with E-state index in [1.165, 1.54) is 11.1 Å². The molecular weight excluding hydrogens is 396 g/mol. The zero-order valence-electron chi connectivity index (χ0n) is 16.9. The van der Waals surface area contributed by atoms with Gasteiger partial charge in [0.1, 0.15) is 0 Å². The lowest BCUT2D eigenvalue weighted by molar-refractivity contribution is -0.123. The molecule has 1 aromatic carbocycles. The first-order valence-electron chi connectivity index (χ1n) is 9.22. The summed E-state index contributed by atoms with van der Waals surface area (Å²) in [5.74, 6) is 0.245. The predicted molar refractivity (Wildman–Crippen MR) is 112 cm³/mol. The second kappa shape index (κ2) is 9.11. The van der Waals surface area contributed by atoms with Gasteiger partial charge in [-0.3, -0.25) is 4.79 Å². The van der Waals surface area contributed by atoms with Crippen LogP contribution in [0, 0.1) is 5.41 Å². The summed E-state index contributed by atoms with van der Waals surface area (Å²) in [5.41, 5.74) is 1.86. The van der Waals surface area contributed by atoms with Crippen LogP contribution in [0.25, 0.3) is 0 Å². The highest BCUT2D eigenvalue weighted by Gasteiger charge is 2.24. The molecule has 0 aliphatic heterocycles. The van der Waals surface area contributed by atoms with Gasteiger partial charge in [-0.25, -0.2) is 13.1 Å². The number of aryl methyl sites for hydroxylation is 1. The van der Waals surface area contributed by atoms with Crippen LogP contribution >= 0.6 is 11.3 Å². The average Bonchev–Trinajstić information content (AvgIpc) is 3.08. The van der Waals surface area contributed by atoms with Crippen LogP contribution in [0.1, 0.15) is 58.1 Å². The van der Waals surface area contributed by atoms with E-state index < -0.39 is 15.4 Å². The largest absolute Gasteiger partial charge is 0.300 e. The molecule has 0 bridgehead atoms. The minimum Gasteiger partial charge on any atom is -0.300 e. The minimum absolute atomic E-state index is 0.155. The predicted octanol–water partition coefficient (Wildman–Crippen LogP) is 3.56. The van der Waals surface area contributed by atoms with Gasteiger partial charge >= 0.3 is 0 Å². The molecule has 0 aliphatic carbocycles. The molecule has 1 heterocycles. The molecule has 1 amide bonds. The first kappa shape index (κ1) is 22.4. The van der Waals surface area contributed by atoms with E-state index in [4.69, 9.17) is 0 Å². The highest BCUT2D eigenvalue weighted by Crippen LogP contribution is 2.23. The summed E-state index contributed by atoms with van der Waals surface area (Å²) in [6, 6.07) is 8.38. The first-order chi connectivity index (χ1) is 13.0. The fourth-order valence-electron chi connectivity index (χ4n) is 2.28. The molecular formula is C19H28N4O3S2. The topological polar surface area (TPSA) is 101 Å². The van der Waals surface area contributed by atoms with Crippen molar-refractivity contribution in [3.63, 3.8) is 0 Å². The van der Waals surface area contributed by atoms with Crippen LogP contribution in [0.4, 0.5) is 5.13 Å². The number of carbonyl (C=O) groups excluding carboxylic acids is 1. The lowest BCUT2D eigenvalue weighted by atomic mass is 9.96. The van der Waals surface area contributed by atoms with Crippen LogP contribution in [0.15, 0.2) is 28.6 Å². The zero-order valence-corrected chi connectivity index (χ0v) is 18.6. The van der Waals surface area contributed by atoms with Gasteiger partial charge in [0.2, 0.25) is 15.4 Å². The molecule has 0 saturated carbocycles. The number of carbonyl (C=O) groups is 1. The maximum atomic E-state index is 12.3. The number of rotatable bonds is 8. The van der Waals surface area contributed by atoms with Crippen molar-refractivity contribution in [1.82, 2.24) is 14.9 Å². The number of aromatic nitrogens is 2. The van der Waals surface area contributed by atoms with E-state index in [0.717, 1.165) is 17.8 Å².